The van der Waals surface area contributed by atoms with Gasteiger partial charge >= 0.3 is 18.0 Å². The van der Waals surface area contributed by atoms with E-state index in [1.165, 1.54) is 6.08 Å². The molecule has 1 aliphatic rings. The summed E-state index contributed by atoms with van der Waals surface area (Å²) in [7, 11) is 0. The van der Waals surface area contributed by atoms with Crippen LogP contribution in [0.25, 0.3) is 6.08 Å². The van der Waals surface area contributed by atoms with E-state index < -0.39 is 11.9 Å². The van der Waals surface area contributed by atoms with Gasteiger partial charge in [0.1, 0.15) is 11.4 Å². The normalized spacial score (nSPS) is 15.4. The van der Waals surface area contributed by atoms with E-state index >= 15 is 0 Å². The average Bonchev–Trinajstić information content (AvgIpc) is 3.05. The van der Waals surface area contributed by atoms with Crippen molar-refractivity contribution in [1.82, 2.24) is 16.1 Å². The lowest BCUT2D eigenvalue weighted by Crippen LogP contribution is -2.24. The van der Waals surface area contributed by atoms with Crippen molar-refractivity contribution < 1.29 is 28.8 Å². The fourth-order valence-corrected chi connectivity index (χ4v) is 2.64. The number of hydrogen-bond acceptors (Lipinski definition) is 7. The Bertz CT molecular complexity index is 819. The number of amides is 3. The lowest BCUT2D eigenvalue weighted by Gasteiger charge is -2.09. The summed E-state index contributed by atoms with van der Waals surface area (Å²) in [6.07, 6.45) is 5.07. The quantitative estimate of drug-likeness (QED) is 0.116. The molecule has 0 saturated carbocycles. The molecule has 1 fully saturated rings. The van der Waals surface area contributed by atoms with Crippen LogP contribution in [0.3, 0.4) is 0 Å². The zero-order valence-corrected chi connectivity index (χ0v) is 17.9. The van der Waals surface area contributed by atoms with Crippen LogP contribution in [0.15, 0.2) is 30.0 Å². The summed E-state index contributed by atoms with van der Waals surface area (Å²) in [5.74, 6) is -0.301. The number of unbranched alkanes of at least 4 members (excludes halogenated alkanes) is 2. The summed E-state index contributed by atoms with van der Waals surface area (Å²) < 4.78 is 5.28. The van der Waals surface area contributed by atoms with E-state index in [9.17, 15) is 19.2 Å². The van der Waals surface area contributed by atoms with Crippen LogP contribution in [-0.4, -0.2) is 30.4 Å². The molecule has 0 spiro atoms. The smallest absolute Gasteiger partial charge is 0.326 e. The zero-order valence-electron chi connectivity index (χ0n) is 17.9. The number of rotatable bonds is 12. The second kappa shape index (κ2) is 12.5. The summed E-state index contributed by atoms with van der Waals surface area (Å²) in [5.41, 5.74) is 3.52. The molecule has 3 amide bonds. The number of esters is 1. The number of hydroxylamine groups is 1. The summed E-state index contributed by atoms with van der Waals surface area (Å²) in [6.45, 7) is 4.79. The first kappa shape index (κ1) is 24.1. The molecule has 0 bridgehead atoms. The van der Waals surface area contributed by atoms with Crippen molar-refractivity contribution in [2.45, 2.75) is 52.4 Å². The van der Waals surface area contributed by atoms with E-state index in [0.29, 0.717) is 43.0 Å². The highest BCUT2D eigenvalue weighted by molar-refractivity contribution is 6.13. The first-order chi connectivity index (χ1) is 14.9. The molecule has 1 saturated heterocycles. The molecule has 1 unspecified atom stereocenters. The Labute approximate surface area is 181 Å². The third-order valence-corrected chi connectivity index (χ3v) is 4.72. The van der Waals surface area contributed by atoms with Crippen molar-refractivity contribution in [3.05, 3.63) is 35.5 Å². The molecule has 0 aliphatic carbocycles. The van der Waals surface area contributed by atoms with Crippen molar-refractivity contribution >= 4 is 30.0 Å². The van der Waals surface area contributed by atoms with Gasteiger partial charge in [-0.15, -0.1) is 0 Å². The maximum Gasteiger partial charge on any atom is 0.326 e. The minimum Gasteiger partial charge on any atom is -0.427 e. The molecule has 9 heteroatoms. The van der Waals surface area contributed by atoms with Gasteiger partial charge in [0.05, 0.1) is 0 Å². The summed E-state index contributed by atoms with van der Waals surface area (Å²) in [6, 6.07) is 6.02. The monoisotopic (exact) mass is 431 g/mol. The number of hydrogen-bond donors (Lipinski definition) is 3. The van der Waals surface area contributed by atoms with Crippen LogP contribution in [0.1, 0.15) is 57.9 Å². The van der Waals surface area contributed by atoms with Gasteiger partial charge < -0.3 is 14.9 Å². The standard InChI is InChI=1S/C22H29N3O6/c1-3-15(2)14-23-31-20(27)8-6-4-5-7-19(26)30-17-11-9-16(10-12-17)13-18-21(28)25-22(29)24-18/h9-13,15,23H,3-8,14H2,1-2H3,(H2,24,25,28,29)/b18-13+. The first-order valence-electron chi connectivity index (χ1n) is 10.4. The lowest BCUT2D eigenvalue weighted by molar-refractivity contribution is -0.151. The molecule has 1 aromatic rings. The highest BCUT2D eigenvalue weighted by atomic mass is 16.7. The first-order valence-corrected chi connectivity index (χ1v) is 10.4. The van der Waals surface area contributed by atoms with Gasteiger partial charge in [0.15, 0.2) is 0 Å². The Morgan fingerprint density at radius 2 is 1.71 bits per heavy atom. The van der Waals surface area contributed by atoms with E-state index in [2.05, 4.69) is 30.0 Å². The van der Waals surface area contributed by atoms with Crippen molar-refractivity contribution in [2.24, 2.45) is 5.92 Å². The third-order valence-electron chi connectivity index (χ3n) is 4.72. The molecule has 9 nitrogen and oxygen atoms in total. The third kappa shape index (κ3) is 9.00. The van der Waals surface area contributed by atoms with Crippen molar-refractivity contribution in [3.63, 3.8) is 0 Å². The summed E-state index contributed by atoms with van der Waals surface area (Å²) >= 11 is 0. The second-order valence-electron chi connectivity index (χ2n) is 7.41. The SMILES string of the molecule is CCC(C)CNOC(=O)CCCCCC(=O)Oc1ccc(/C=C2/NC(=O)NC2=O)cc1. The molecule has 1 heterocycles. The van der Waals surface area contributed by atoms with Crippen LogP contribution in [0.5, 0.6) is 5.75 Å². The topological polar surface area (TPSA) is 123 Å². The Morgan fingerprint density at radius 3 is 2.32 bits per heavy atom. The van der Waals surface area contributed by atoms with Gasteiger partial charge in [0, 0.05) is 19.4 Å². The number of benzene rings is 1. The highest BCUT2D eigenvalue weighted by Crippen LogP contribution is 2.16. The summed E-state index contributed by atoms with van der Waals surface area (Å²) in [5, 5.41) is 4.52. The number of urea groups is 1. The molecule has 168 valence electrons. The van der Waals surface area contributed by atoms with E-state index in [1.807, 2.05) is 0 Å². The van der Waals surface area contributed by atoms with Gasteiger partial charge in [-0.2, -0.15) is 5.48 Å². The Hall–Kier alpha value is -3.20. The number of ether oxygens (including phenoxy) is 1. The number of imide groups is 1. The zero-order chi connectivity index (χ0) is 22.6. The van der Waals surface area contributed by atoms with Crippen LogP contribution in [0.2, 0.25) is 0 Å². The second-order valence-corrected chi connectivity index (χ2v) is 7.41. The minimum absolute atomic E-state index is 0.157. The molecule has 0 aromatic heterocycles. The predicted octanol–water partition coefficient (Wildman–Crippen LogP) is 2.82. The van der Waals surface area contributed by atoms with E-state index in [-0.39, 0.29) is 24.1 Å². The molecular formula is C22H29N3O6. The number of carbonyl (C=O) groups excluding carboxylic acids is 4. The summed E-state index contributed by atoms with van der Waals surface area (Å²) in [4.78, 5) is 51.1. The maximum atomic E-state index is 11.9. The largest absolute Gasteiger partial charge is 0.427 e. The van der Waals surface area contributed by atoms with Gasteiger partial charge in [0.25, 0.3) is 5.91 Å². The van der Waals surface area contributed by atoms with Crippen LogP contribution >= 0.6 is 0 Å². The van der Waals surface area contributed by atoms with Gasteiger partial charge in [-0.1, -0.05) is 38.8 Å². The minimum atomic E-state index is -0.558. The van der Waals surface area contributed by atoms with Crippen LogP contribution in [0, 0.1) is 5.92 Å². The van der Waals surface area contributed by atoms with Gasteiger partial charge in [-0.3, -0.25) is 19.7 Å². The van der Waals surface area contributed by atoms with Crippen molar-refractivity contribution in [3.8, 4) is 5.75 Å². The van der Waals surface area contributed by atoms with Crippen LogP contribution in [0.4, 0.5) is 4.79 Å². The molecule has 3 N–H and O–H groups in total. The Morgan fingerprint density at radius 1 is 1.03 bits per heavy atom. The van der Waals surface area contributed by atoms with Crippen molar-refractivity contribution in [1.29, 1.82) is 0 Å². The van der Waals surface area contributed by atoms with Crippen LogP contribution in [-0.2, 0) is 19.2 Å². The number of carbonyl (C=O) groups is 4. The molecule has 31 heavy (non-hydrogen) atoms. The molecule has 1 aliphatic heterocycles. The Kier molecular flexibility index (Phi) is 9.70. The molecular weight excluding hydrogens is 402 g/mol. The lowest BCUT2D eigenvalue weighted by atomic mass is 10.1. The average molecular weight is 431 g/mol. The van der Waals surface area contributed by atoms with E-state index in [4.69, 9.17) is 9.57 Å². The van der Waals surface area contributed by atoms with E-state index in [0.717, 1.165) is 12.8 Å². The number of nitrogens with one attached hydrogen (secondary N) is 3. The van der Waals surface area contributed by atoms with Gasteiger partial charge in [-0.05, 0) is 42.5 Å². The molecule has 0 radical (unpaired) electrons. The van der Waals surface area contributed by atoms with Gasteiger partial charge in [0.2, 0.25) is 0 Å². The van der Waals surface area contributed by atoms with Gasteiger partial charge in [-0.25, -0.2) is 4.79 Å². The van der Waals surface area contributed by atoms with E-state index in [1.54, 1.807) is 24.3 Å². The molecule has 1 aromatic carbocycles. The molecule has 1 atom stereocenters. The Balaban J connectivity index is 1.61. The van der Waals surface area contributed by atoms with Crippen molar-refractivity contribution in [2.75, 3.05) is 6.54 Å². The van der Waals surface area contributed by atoms with Crippen LogP contribution < -0.4 is 20.9 Å². The fraction of sp³-hybridized carbons (Fsp3) is 0.455. The molecule has 2 rings (SSSR count). The fourth-order valence-electron chi connectivity index (χ4n) is 2.64. The maximum absolute atomic E-state index is 11.9. The highest BCUT2D eigenvalue weighted by Gasteiger charge is 2.22. The predicted molar refractivity (Wildman–Crippen MR) is 113 cm³/mol.